The number of hydrogen-bond acceptors (Lipinski definition) is 0. The zero-order chi connectivity index (χ0) is 36.4. The van der Waals surface area contributed by atoms with E-state index in [4.69, 9.17) is 0 Å². The third-order valence-corrected chi connectivity index (χ3v) is 12.9. The molecule has 0 aliphatic heterocycles. The molecule has 55 heavy (non-hydrogen) atoms. The smallest absolute Gasteiger partial charge is 0.0725 e. The molecule has 2 aliphatic carbocycles. The van der Waals surface area contributed by atoms with Crippen LogP contribution in [-0.4, -0.2) is 9.13 Å². The van der Waals surface area contributed by atoms with E-state index in [1.54, 1.807) is 0 Å². The number of nitrogens with zero attached hydrogens (tertiary/aromatic N) is 2. The largest absolute Gasteiger partial charge is 0.341 e. The van der Waals surface area contributed by atoms with Gasteiger partial charge >= 0.3 is 0 Å². The molecule has 2 heterocycles. The maximum atomic E-state index is 2.51. The number of benzene rings is 8. The molecule has 0 saturated carbocycles. The van der Waals surface area contributed by atoms with Crippen LogP contribution in [-0.2, 0) is 18.5 Å². The van der Waals surface area contributed by atoms with Crippen molar-refractivity contribution in [2.75, 3.05) is 0 Å². The molecule has 0 saturated heterocycles. The molecule has 0 radical (unpaired) electrons. The summed E-state index contributed by atoms with van der Waals surface area (Å²) in [6.45, 7) is 6.37. The van der Waals surface area contributed by atoms with Crippen LogP contribution in [0.2, 0.25) is 0 Å². The van der Waals surface area contributed by atoms with Gasteiger partial charge in [0.25, 0.3) is 0 Å². The Hall–Kier alpha value is -6.64. The predicted molar refractivity (Wildman–Crippen MR) is 231 cm³/mol. The number of hydrogen-bond donors (Lipinski definition) is 0. The monoisotopic (exact) mass is 702 g/mol. The van der Waals surface area contributed by atoms with E-state index < -0.39 is 5.41 Å². The Kier molecular flexibility index (Phi) is 6.27. The lowest BCUT2D eigenvalue weighted by molar-refractivity contribution is 0.794. The fourth-order valence-corrected chi connectivity index (χ4v) is 10.6. The van der Waals surface area contributed by atoms with Crippen molar-refractivity contribution in [2.45, 2.75) is 32.4 Å². The third kappa shape index (κ3) is 3.94. The highest BCUT2D eigenvalue weighted by molar-refractivity contribution is 6.10. The Morgan fingerprint density at radius 1 is 0.327 bits per heavy atom. The van der Waals surface area contributed by atoms with Crippen molar-refractivity contribution in [2.24, 2.45) is 0 Å². The molecule has 0 bridgehead atoms. The molecular weight excluding hydrogens is 665 g/mol. The molecule has 2 heteroatoms. The van der Waals surface area contributed by atoms with Crippen LogP contribution in [0.1, 0.15) is 36.1 Å². The molecule has 8 aromatic carbocycles. The highest BCUT2D eigenvalue weighted by Gasteiger charge is 2.51. The zero-order valence-electron chi connectivity index (χ0n) is 31.0. The Morgan fingerprint density at radius 3 is 1.16 bits per heavy atom. The average Bonchev–Trinajstić information content (AvgIpc) is 3.94. The average molecular weight is 703 g/mol. The molecule has 260 valence electrons. The molecule has 12 rings (SSSR count). The molecule has 0 N–H and O–H groups in total. The van der Waals surface area contributed by atoms with Crippen molar-refractivity contribution in [1.29, 1.82) is 0 Å². The second-order valence-electron chi connectivity index (χ2n) is 15.3. The first-order valence-electron chi connectivity index (χ1n) is 19.7. The van der Waals surface area contributed by atoms with Gasteiger partial charge in [-0.3, -0.25) is 0 Å². The summed E-state index contributed by atoms with van der Waals surface area (Å²) in [4.78, 5) is 0. The van der Waals surface area contributed by atoms with Crippen LogP contribution in [0.5, 0.6) is 0 Å². The van der Waals surface area contributed by atoms with E-state index in [0.29, 0.717) is 0 Å². The molecular formula is C53H38N2. The molecule has 2 aliphatic rings. The van der Waals surface area contributed by atoms with Crippen LogP contribution in [0, 0.1) is 0 Å². The highest BCUT2D eigenvalue weighted by Crippen LogP contribution is 2.63. The van der Waals surface area contributed by atoms with Gasteiger partial charge < -0.3 is 9.13 Å². The van der Waals surface area contributed by atoms with Gasteiger partial charge in [-0.25, -0.2) is 0 Å². The van der Waals surface area contributed by atoms with E-state index in [0.717, 1.165) is 13.1 Å². The van der Waals surface area contributed by atoms with E-state index in [1.165, 1.54) is 110 Å². The second-order valence-corrected chi connectivity index (χ2v) is 15.3. The van der Waals surface area contributed by atoms with Crippen LogP contribution in [0.3, 0.4) is 0 Å². The third-order valence-electron chi connectivity index (χ3n) is 12.9. The highest BCUT2D eigenvalue weighted by atomic mass is 15.0. The first-order valence-corrected chi connectivity index (χ1v) is 19.7. The summed E-state index contributed by atoms with van der Waals surface area (Å²) in [5, 5.41) is 5.26. The lowest BCUT2D eigenvalue weighted by Crippen LogP contribution is -2.26. The number of aryl methyl sites for hydroxylation is 2. The van der Waals surface area contributed by atoms with Crippen LogP contribution in [0.25, 0.3) is 88.1 Å². The van der Waals surface area contributed by atoms with Crippen LogP contribution in [0.4, 0.5) is 0 Å². The lowest BCUT2D eigenvalue weighted by Gasteiger charge is -2.31. The minimum absolute atomic E-state index is 0.436. The Bertz CT molecular complexity index is 3020. The quantitative estimate of drug-likeness (QED) is 0.173. The van der Waals surface area contributed by atoms with Gasteiger partial charge in [0, 0.05) is 56.7 Å². The Balaban J connectivity index is 1.10. The SMILES string of the molecule is CCn1c2ccccc2c2cc(-c3ccc4c(c3)C3(c5ccccc5-c5ccccc53)c3cc(-c5ccc6c(c5)c5ccccc5n6CC)ccc3-4)ccc21. The molecule has 2 nitrogen and oxygen atoms in total. The van der Waals surface area contributed by atoms with Gasteiger partial charge in [-0.2, -0.15) is 0 Å². The van der Waals surface area contributed by atoms with Crippen molar-refractivity contribution in [3.63, 3.8) is 0 Å². The van der Waals surface area contributed by atoms with E-state index in [1.807, 2.05) is 0 Å². The minimum atomic E-state index is -0.436. The summed E-state index contributed by atoms with van der Waals surface area (Å²) >= 11 is 0. The minimum Gasteiger partial charge on any atom is -0.341 e. The molecule has 0 fully saturated rings. The standard InChI is InChI=1S/C53H38N2/c1-3-54-49-19-11-7-15-41(49)43-29-33(23-27-51(43)54)35-21-25-39-40-26-22-36(34-24-28-52-44(30-34)42-16-8-12-20-50(42)55(52)4-2)32-48(40)53(47(39)31-35)45-17-9-5-13-37(45)38-14-6-10-18-46(38)53/h5-32H,3-4H2,1-2H3. The molecule has 0 amide bonds. The topological polar surface area (TPSA) is 9.86 Å². The zero-order valence-corrected chi connectivity index (χ0v) is 31.0. The van der Waals surface area contributed by atoms with E-state index in [-0.39, 0.29) is 0 Å². The molecule has 1 spiro atoms. The summed E-state index contributed by atoms with van der Waals surface area (Å²) in [5.41, 5.74) is 20.5. The molecule has 2 aromatic heterocycles. The van der Waals surface area contributed by atoms with Gasteiger partial charge in [0.15, 0.2) is 0 Å². The van der Waals surface area contributed by atoms with Crippen molar-refractivity contribution in [1.82, 2.24) is 9.13 Å². The Labute approximate surface area is 320 Å². The van der Waals surface area contributed by atoms with Gasteiger partial charge in [-0.15, -0.1) is 0 Å². The van der Waals surface area contributed by atoms with Gasteiger partial charge in [0.2, 0.25) is 0 Å². The molecule has 10 aromatic rings. The second kappa shape index (κ2) is 11.2. The van der Waals surface area contributed by atoms with Crippen molar-refractivity contribution in [3.05, 3.63) is 192 Å². The summed E-state index contributed by atoms with van der Waals surface area (Å²) in [5.74, 6) is 0. The van der Waals surface area contributed by atoms with E-state index >= 15 is 0 Å². The van der Waals surface area contributed by atoms with Gasteiger partial charge in [0.05, 0.1) is 5.41 Å². The van der Waals surface area contributed by atoms with Crippen molar-refractivity contribution < 1.29 is 0 Å². The van der Waals surface area contributed by atoms with Gasteiger partial charge in [0.1, 0.15) is 0 Å². The number of para-hydroxylation sites is 2. The summed E-state index contributed by atoms with van der Waals surface area (Å²) in [6, 6.07) is 64.6. The van der Waals surface area contributed by atoms with E-state index in [9.17, 15) is 0 Å². The fraction of sp³-hybridized carbons (Fsp3) is 0.0943. The first kappa shape index (κ1) is 30.8. The lowest BCUT2D eigenvalue weighted by atomic mass is 9.70. The van der Waals surface area contributed by atoms with Crippen LogP contribution < -0.4 is 0 Å². The summed E-state index contributed by atoms with van der Waals surface area (Å²) in [7, 11) is 0. The summed E-state index contributed by atoms with van der Waals surface area (Å²) in [6.07, 6.45) is 0. The fourth-order valence-electron chi connectivity index (χ4n) is 10.6. The van der Waals surface area contributed by atoms with Crippen molar-refractivity contribution >= 4 is 43.6 Å². The maximum Gasteiger partial charge on any atom is 0.0725 e. The van der Waals surface area contributed by atoms with Crippen LogP contribution in [0.15, 0.2) is 170 Å². The maximum absolute atomic E-state index is 2.51. The Morgan fingerprint density at radius 2 is 0.691 bits per heavy atom. The van der Waals surface area contributed by atoms with Gasteiger partial charge in [-0.1, -0.05) is 121 Å². The molecule has 0 atom stereocenters. The van der Waals surface area contributed by atoms with E-state index in [2.05, 4.69) is 193 Å². The summed E-state index contributed by atoms with van der Waals surface area (Å²) < 4.78 is 4.87. The van der Waals surface area contributed by atoms with Gasteiger partial charge in [-0.05, 0) is 129 Å². The van der Waals surface area contributed by atoms with Crippen LogP contribution >= 0.6 is 0 Å². The predicted octanol–water partition coefficient (Wildman–Crippen LogP) is 13.6. The first-order chi connectivity index (χ1) is 27.2. The number of rotatable bonds is 4. The van der Waals surface area contributed by atoms with Crippen molar-refractivity contribution in [3.8, 4) is 44.5 Å². The number of aromatic nitrogens is 2. The normalized spacial score (nSPS) is 13.6. The molecule has 0 unspecified atom stereocenters. The number of fused-ring (bicyclic) bond motifs is 16.